The van der Waals surface area contributed by atoms with Crippen molar-refractivity contribution in [2.75, 3.05) is 6.67 Å². The summed E-state index contributed by atoms with van der Waals surface area (Å²) in [5, 5.41) is 0.578. The lowest BCUT2D eigenvalue weighted by atomic mass is 10.2. The van der Waals surface area contributed by atoms with E-state index in [0.717, 1.165) is 6.54 Å². The molecule has 1 aliphatic rings. The maximum atomic E-state index is 5.72. The molecule has 0 atom stereocenters. The van der Waals surface area contributed by atoms with Crippen molar-refractivity contribution in [3.05, 3.63) is 48.2 Å². The van der Waals surface area contributed by atoms with Gasteiger partial charge in [-0.15, -0.1) is 0 Å². The van der Waals surface area contributed by atoms with Gasteiger partial charge in [-0.05, 0) is 11.6 Å². The molecule has 1 aromatic rings. The van der Waals surface area contributed by atoms with Gasteiger partial charge in [0.1, 0.15) is 11.8 Å². The summed E-state index contributed by atoms with van der Waals surface area (Å²) in [6.45, 7) is 1.52. The van der Waals surface area contributed by atoms with Crippen molar-refractivity contribution < 1.29 is 0 Å². The molecule has 72 valence electrons. The van der Waals surface area contributed by atoms with Crippen molar-refractivity contribution in [1.82, 2.24) is 4.90 Å². The highest BCUT2D eigenvalue weighted by molar-refractivity contribution is 6.68. The van der Waals surface area contributed by atoms with E-state index in [1.807, 2.05) is 30.5 Å². The number of nitrogens with zero attached hydrogens (tertiary/aromatic N) is 2. The number of halogens is 1. The number of rotatable bonds is 2. The van der Waals surface area contributed by atoms with Gasteiger partial charge in [-0.2, -0.15) is 0 Å². The van der Waals surface area contributed by atoms with Gasteiger partial charge in [0, 0.05) is 12.7 Å². The van der Waals surface area contributed by atoms with Gasteiger partial charge in [0.2, 0.25) is 0 Å². The number of hydrogen-bond acceptors (Lipinski definition) is 2. The van der Waals surface area contributed by atoms with Crippen LogP contribution >= 0.6 is 11.6 Å². The Bertz CT molecular complexity index is 357. The van der Waals surface area contributed by atoms with E-state index in [-0.39, 0.29) is 0 Å². The molecule has 0 unspecified atom stereocenters. The zero-order chi connectivity index (χ0) is 9.80. The molecule has 2 rings (SSSR count). The molecule has 1 heterocycles. The topological polar surface area (TPSA) is 15.6 Å². The van der Waals surface area contributed by atoms with Crippen LogP contribution in [-0.4, -0.2) is 16.7 Å². The molecule has 0 bridgehead atoms. The zero-order valence-electron chi connectivity index (χ0n) is 7.73. The number of aliphatic imine (C=N–C) groups is 1. The van der Waals surface area contributed by atoms with E-state index in [9.17, 15) is 0 Å². The van der Waals surface area contributed by atoms with Gasteiger partial charge in [-0.3, -0.25) is 4.99 Å². The molecule has 2 nitrogen and oxygen atoms in total. The first-order chi connectivity index (χ1) is 6.84. The van der Waals surface area contributed by atoms with Crippen LogP contribution in [0.4, 0.5) is 0 Å². The molecule has 0 spiro atoms. The quantitative estimate of drug-likeness (QED) is 0.727. The minimum absolute atomic E-state index is 0.578. The fourth-order valence-electron chi connectivity index (χ4n) is 1.35. The van der Waals surface area contributed by atoms with Gasteiger partial charge in [0.25, 0.3) is 0 Å². The lowest BCUT2D eigenvalue weighted by Gasteiger charge is -2.20. The number of hydrogen-bond donors (Lipinski definition) is 0. The Hall–Kier alpha value is -1.28. The Morgan fingerprint density at radius 2 is 2.07 bits per heavy atom. The van der Waals surface area contributed by atoms with Crippen LogP contribution in [0.15, 0.2) is 47.6 Å². The third-order valence-electron chi connectivity index (χ3n) is 2.05. The summed E-state index contributed by atoms with van der Waals surface area (Å²) in [7, 11) is 0. The van der Waals surface area contributed by atoms with Crippen LogP contribution < -0.4 is 0 Å². The van der Waals surface area contributed by atoms with Gasteiger partial charge in [-0.1, -0.05) is 41.9 Å². The lowest BCUT2D eigenvalue weighted by molar-refractivity contribution is 0.379. The van der Waals surface area contributed by atoms with Crippen LogP contribution in [-0.2, 0) is 6.54 Å². The van der Waals surface area contributed by atoms with Crippen molar-refractivity contribution in [1.29, 1.82) is 0 Å². The molecule has 0 amide bonds. The molecule has 1 aliphatic heterocycles. The van der Waals surface area contributed by atoms with Gasteiger partial charge >= 0.3 is 0 Å². The van der Waals surface area contributed by atoms with Gasteiger partial charge < -0.3 is 4.90 Å². The summed E-state index contributed by atoms with van der Waals surface area (Å²) < 4.78 is 0. The Morgan fingerprint density at radius 1 is 1.29 bits per heavy atom. The molecule has 0 fully saturated rings. The van der Waals surface area contributed by atoms with Crippen molar-refractivity contribution >= 4 is 16.8 Å². The number of benzene rings is 1. The fraction of sp³-hybridized carbons (Fsp3) is 0.182. The van der Waals surface area contributed by atoms with Crippen molar-refractivity contribution in [2.45, 2.75) is 6.54 Å². The minimum atomic E-state index is 0.578. The monoisotopic (exact) mass is 206 g/mol. The van der Waals surface area contributed by atoms with Crippen LogP contribution in [0, 0.1) is 0 Å². The molecular weight excluding hydrogens is 196 g/mol. The Morgan fingerprint density at radius 3 is 2.71 bits per heavy atom. The Labute approximate surface area is 88.5 Å². The second-order valence-corrected chi connectivity index (χ2v) is 3.56. The van der Waals surface area contributed by atoms with Crippen LogP contribution in [0.25, 0.3) is 0 Å². The first-order valence-electron chi connectivity index (χ1n) is 4.51. The van der Waals surface area contributed by atoms with Crippen LogP contribution in [0.3, 0.4) is 0 Å². The molecule has 0 saturated carbocycles. The summed E-state index contributed by atoms with van der Waals surface area (Å²) in [4.78, 5) is 6.24. The third-order valence-corrected chi connectivity index (χ3v) is 2.30. The summed E-state index contributed by atoms with van der Waals surface area (Å²) in [6.07, 6.45) is 3.79. The number of allylic oxidation sites excluding steroid dienone is 1. The molecular formula is C11H11ClN2. The first kappa shape index (κ1) is 9.28. The highest BCUT2D eigenvalue weighted by Gasteiger charge is 2.03. The average molecular weight is 207 g/mol. The van der Waals surface area contributed by atoms with E-state index in [0.29, 0.717) is 11.8 Å². The van der Waals surface area contributed by atoms with Crippen molar-refractivity contribution in [2.24, 2.45) is 4.99 Å². The first-order valence-corrected chi connectivity index (χ1v) is 4.88. The second-order valence-electron chi connectivity index (χ2n) is 3.17. The second kappa shape index (κ2) is 4.29. The smallest absolute Gasteiger partial charge is 0.127 e. The maximum absolute atomic E-state index is 5.72. The van der Waals surface area contributed by atoms with E-state index in [1.165, 1.54) is 5.56 Å². The van der Waals surface area contributed by atoms with Gasteiger partial charge in [-0.25, -0.2) is 0 Å². The third kappa shape index (κ3) is 2.36. The standard InChI is InChI=1S/C11H11ClN2/c12-11-6-7-14(9-13-11)8-10-4-2-1-3-5-10/h1-7H,8-9H2. The molecule has 0 N–H and O–H groups in total. The van der Waals surface area contributed by atoms with E-state index in [1.54, 1.807) is 0 Å². The van der Waals surface area contributed by atoms with Crippen molar-refractivity contribution in [3.8, 4) is 0 Å². The summed E-state index contributed by atoms with van der Waals surface area (Å²) in [6, 6.07) is 10.3. The average Bonchev–Trinajstić information content (AvgIpc) is 2.23. The van der Waals surface area contributed by atoms with E-state index in [4.69, 9.17) is 11.6 Å². The molecule has 1 aromatic carbocycles. The van der Waals surface area contributed by atoms with E-state index >= 15 is 0 Å². The summed E-state index contributed by atoms with van der Waals surface area (Å²) in [5.41, 5.74) is 1.28. The zero-order valence-corrected chi connectivity index (χ0v) is 8.48. The maximum Gasteiger partial charge on any atom is 0.127 e. The molecule has 3 heteroatoms. The Balaban J connectivity index is 1.98. The van der Waals surface area contributed by atoms with Crippen LogP contribution in [0.1, 0.15) is 5.56 Å². The summed E-state index contributed by atoms with van der Waals surface area (Å²) in [5.74, 6) is 0. The largest absolute Gasteiger partial charge is 0.354 e. The molecule has 0 aliphatic carbocycles. The normalized spacial score (nSPS) is 15.5. The molecule has 14 heavy (non-hydrogen) atoms. The van der Waals surface area contributed by atoms with Crippen molar-refractivity contribution in [3.63, 3.8) is 0 Å². The molecule has 0 radical (unpaired) electrons. The van der Waals surface area contributed by atoms with Crippen LogP contribution in [0.2, 0.25) is 0 Å². The summed E-state index contributed by atoms with van der Waals surface area (Å²) >= 11 is 5.72. The van der Waals surface area contributed by atoms with Gasteiger partial charge in [0.15, 0.2) is 0 Å². The lowest BCUT2D eigenvalue weighted by Crippen LogP contribution is -2.20. The Kier molecular flexibility index (Phi) is 2.84. The molecule has 0 aromatic heterocycles. The minimum Gasteiger partial charge on any atom is -0.354 e. The molecule has 0 saturated heterocycles. The van der Waals surface area contributed by atoms with E-state index in [2.05, 4.69) is 22.0 Å². The fourth-order valence-corrected chi connectivity index (χ4v) is 1.46. The predicted octanol–water partition coefficient (Wildman–Crippen LogP) is 2.61. The SMILES string of the molecule is ClC1=NCN(Cc2ccccc2)C=C1. The van der Waals surface area contributed by atoms with Crippen LogP contribution in [0.5, 0.6) is 0 Å². The van der Waals surface area contributed by atoms with E-state index < -0.39 is 0 Å². The highest BCUT2D eigenvalue weighted by atomic mass is 35.5. The van der Waals surface area contributed by atoms with Gasteiger partial charge in [0.05, 0.1) is 0 Å². The highest BCUT2D eigenvalue weighted by Crippen LogP contribution is 2.08. The predicted molar refractivity (Wildman–Crippen MR) is 59.3 cm³/mol.